The van der Waals surface area contributed by atoms with Gasteiger partial charge in [0.05, 0.1) is 17.1 Å². The second-order valence-electron chi connectivity index (χ2n) is 6.83. The molecule has 0 aromatic heterocycles. The molecule has 0 amide bonds. The molecule has 1 aliphatic rings. The monoisotopic (exact) mass is 395 g/mol. The zero-order valence-corrected chi connectivity index (χ0v) is 14.9. The molecule has 2 aromatic carbocycles. The third-order valence-electron chi connectivity index (χ3n) is 4.76. The summed E-state index contributed by atoms with van der Waals surface area (Å²) in [6.45, 7) is 1.64. The normalized spacial score (nSPS) is 17.6. The molecule has 2 N–H and O–H groups in total. The average molecular weight is 395 g/mol. The summed E-state index contributed by atoms with van der Waals surface area (Å²) in [6.07, 6.45) is -3.60. The van der Waals surface area contributed by atoms with Gasteiger partial charge in [-0.1, -0.05) is 12.1 Å². The van der Waals surface area contributed by atoms with Crippen LogP contribution in [0.25, 0.3) is 0 Å². The fourth-order valence-electron chi connectivity index (χ4n) is 3.33. The molecule has 1 heterocycles. The highest BCUT2D eigenvalue weighted by atomic mass is 19.4. The summed E-state index contributed by atoms with van der Waals surface area (Å²) in [6, 6.07) is 9.50. The van der Waals surface area contributed by atoms with E-state index in [1.54, 1.807) is 6.07 Å². The number of likely N-dealkylation sites (tertiary alicyclic amines) is 1. The van der Waals surface area contributed by atoms with E-state index in [1.807, 2.05) is 0 Å². The van der Waals surface area contributed by atoms with Crippen molar-refractivity contribution in [3.05, 3.63) is 69.3 Å². The van der Waals surface area contributed by atoms with E-state index in [4.69, 9.17) is 0 Å². The molecule has 1 aliphatic heterocycles. The third-order valence-corrected chi connectivity index (χ3v) is 4.76. The van der Waals surface area contributed by atoms with Crippen molar-refractivity contribution in [2.45, 2.75) is 31.8 Å². The quantitative estimate of drug-likeness (QED) is 0.575. The van der Waals surface area contributed by atoms with Gasteiger partial charge in [0.2, 0.25) is 0 Å². The van der Waals surface area contributed by atoms with Crippen LogP contribution in [0.4, 0.5) is 24.5 Å². The topological polar surface area (TPSA) is 78.6 Å². The number of alkyl halides is 3. The lowest BCUT2D eigenvalue weighted by molar-refractivity contribution is -0.384. The van der Waals surface area contributed by atoms with Crippen LogP contribution in [0.1, 0.15) is 23.1 Å². The number of nitro benzene ring substituents is 1. The summed E-state index contributed by atoms with van der Waals surface area (Å²) in [5, 5.41) is 23.6. The molecule has 1 saturated heterocycles. The van der Waals surface area contributed by atoms with Crippen molar-refractivity contribution in [2.75, 3.05) is 18.4 Å². The lowest BCUT2D eigenvalue weighted by atomic mass is 10.1. The number of nitrogens with one attached hydrogen (secondary N) is 1. The highest BCUT2D eigenvalue weighted by Gasteiger charge is 2.30. The van der Waals surface area contributed by atoms with E-state index in [0.717, 1.165) is 30.7 Å². The summed E-state index contributed by atoms with van der Waals surface area (Å²) < 4.78 is 37.9. The van der Waals surface area contributed by atoms with Gasteiger partial charge in [0, 0.05) is 31.7 Å². The first kappa shape index (κ1) is 20.1. The Hall–Kier alpha value is -2.65. The van der Waals surface area contributed by atoms with Gasteiger partial charge in [-0.2, -0.15) is 13.2 Å². The zero-order chi connectivity index (χ0) is 20.3. The van der Waals surface area contributed by atoms with Gasteiger partial charge in [0.25, 0.3) is 5.69 Å². The average Bonchev–Trinajstić information content (AvgIpc) is 3.08. The molecule has 0 radical (unpaired) electrons. The number of rotatable bonds is 6. The predicted octanol–water partition coefficient (Wildman–Crippen LogP) is 3.79. The molecule has 6 nitrogen and oxygen atoms in total. The molecule has 1 atom stereocenters. The molecule has 28 heavy (non-hydrogen) atoms. The van der Waals surface area contributed by atoms with Crippen LogP contribution in [0.5, 0.6) is 0 Å². The van der Waals surface area contributed by atoms with Crippen molar-refractivity contribution >= 4 is 11.4 Å². The molecule has 1 unspecified atom stereocenters. The van der Waals surface area contributed by atoms with Crippen molar-refractivity contribution in [3.8, 4) is 0 Å². The molecular formula is C19H20F3N3O3. The van der Waals surface area contributed by atoms with Gasteiger partial charge in [-0.15, -0.1) is 0 Å². The Labute approximate surface area is 159 Å². The number of nitrogens with zero attached hydrogens (tertiary/aromatic N) is 2. The fraction of sp³-hybridized carbons (Fsp3) is 0.368. The summed E-state index contributed by atoms with van der Waals surface area (Å²) in [7, 11) is 0. The van der Waals surface area contributed by atoms with Gasteiger partial charge >= 0.3 is 6.18 Å². The van der Waals surface area contributed by atoms with Gasteiger partial charge in [0.1, 0.15) is 5.69 Å². The van der Waals surface area contributed by atoms with E-state index in [2.05, 4.69) is 10.2 Å². The van der Waals surface area contributed by atoms with Crippen molar-refractivity contribution in [3.63, 3.8) is 0 Å². The molecule has 0 saturated carbocycles. The highest BCUT2D eigenvalue weighted by Crippen LogP contribution is 2.30. The molecule has 1 fully saturated rings. The number of hydrogen-bond donors (Lipinski definition) is 2. The summed E-state index contributed by atoms with van der Waals surface area (Å²) >= 11 is 0. The standard InChI is InChI=1S/C19H20F3N3O3/c20-19(21,22)15-4-1-13(2-5-15)10-24-8-7-16(11-24)23-17-9-14(12-26)3-6-18(17)25(27)28/h1-6,9,16,23,26H,7-8,10-12H2. The molecule has 150 valence electrons. The number of benzene rings is 2. The van der Waals surface area contributed by atoms with Crippen molar-refractivity contribution in [1.29, 1.82) is 0 Å². The number of anilines is 1. The van der Waals surface area contributed by atoms with Crippen LogP contribution in [-0.2, 0) is 19.3 Å². The minimum absolute atomic E-state index is 0.0258. The molecule has 0 spiro atoms. The minimum Gasteiger partial charge on any atom is -0.392 e. The van der Waals surface area contributed by atoms with Gasteiger partial charge in [-0.05, 0) is 41.8 Å². The second-order valence-corrected chi connectivity index (χ2v) is 6.83. The number of aliphatic hydroxyl groups excluding tert-OH is 1. The lowest BCUT2D eigenvalue weighted by Crippen LogP contribution is -2.26. The largest absolute Gasteiger partial charge is 0.416 e. The van der Waals surface area contributed by atoms with Gasteiger partial charge in [-0.25, -0.2) is 0 Å². The van der Waals surface area contributed by atoms with E-state index in [1.165, 1.54) is 24.3 Å². The van der Waals surface area contributed by atoms with Crippen LogP contribution in [0.3, 0.4) is 0 Å². The van der Waals surface area contributed by atoms with Crippen molar-refractivity contribution < 1.29 is 23.2 Å². The number of halogens is 3. The Balaban J connectivity index is 1.62. The molecule has 2 aromatic rings. The smallest absolute Gasteiger partial charge is 0.392 e. The third kappa shape index (κ3) is 4.79. The Kier molecular flexibility index (Phi) is 5.85. The highest BCUT2D eigenvalue weighted by molar-refractivity contribution is 5.63. The fourth-order valence-corrected chi connectivity index (χ4v) is 3.33. The SMILES string of the molecule is O=[N+]([O-])c1ccc(CO)cc1NC1CCN(Cc2ccc(C(F)(F)F)cc2)C1. The predicted molar refractivity (Wildman–Crippen MR) is 97.8 cm³/mol. The Morgan fingerprint density at radius 2 is 1.86 bits per heavy atom. The van der Waals surface area contributed by atoms with Crippen LogP contribution in [0.15, 0.2) is 42.5 Å². The maximum absolute atomic E-state index is 12.6. The second kappa shape index (κ2) is 8.15. The van der Waals surface area contributed by atoms with Gasteiger partial charge in [-0.3, -0.25) is 15.0 Å². The summed E-state index contributed by atoms with van der Waals surface area (Å²) in [5.41, 5.74) is 0.985. The minimum atomic E-state index is -4.35. The van der Waals surface area contributed by atoms with E-state index in [9.17, 15) is 28.4 Å². The Bertz CT molecular complexity index is 841. The van der Waals surface area contributed by atoms with E-state index in [0.29, 0.717) is 24.3 Å². The number of aliphatic hydroxyl groups is 1. The van der Waals surface area contributed by atoms with E-state index < -0.39 is 16.7 Å². The van der Waals surface area contributed by atoms with Crippen molar-refractivity contribution in [2.24, 2.45) is 0 Å². The molecule has 9 heteroatoms. The number of hydrogen-bond acceptors (Lipinski definition) is 5. The van der Waals surface area contributed by atoms with Crippen LogP contribution in [-0.4, -0.2) is 34.1 Å². The molecular weight excluding hydrogens is 375 g/mol. The number of nitro groups is 1. The molecule has 0 bridgehead atoms. The first-order valence-corrected chi connectivity index (χ1v) is 8.79. The first-order valence-electron chi connectivity index (χ1n) is 8.79. The van der Waals surface area contributed by atoms with Crippen LogP contribution in [0.2, 0.25) is 0 Å². The maximum atomic E-state index is 12.6. The van der Waals surface area contributed by atoms with Crippen molar-refractivity contribution in [1.82, 2.24) is 4.90 Å². The summed E-state index contributed by atoms with van der Waals surface area (Å²) in [4.78, 5) is 12.8. The van der Waals surface area contributed by atoms with Crippen LogP contribution in [0, 0.1) is 10.1 Å². The molecule has 3 rings (SSSR count). The summed E-state index contributed by atoms with van der Waals surface area (Å²) in [5.74, 6) is 0. The van der Waals surface area contributed by atoms with Crippen LogP contribution < -0.4 is 5.32 Å². The Morgan fingerprint density at radius 1 is 1.18 bits per heavy atom. The molecule has 0 aliphatic carbocycles. The van der Waals surface area contributed by atoms with E-state index in [-0.39, 0.29) is 18.3 Å². The van der Waals surface area contributed by atoms with Gasteiger partial charge < -0.3 is 10.4 Å². The first-order chi connectivity index (χ1) is 13.3. The van der Waals surface area contributed by atoms with Gasteiger partial charge in [0.15, 0.2) is 0 Å². The van der Waals surface area contributed by atoms with E-state index >= 15 is 0 Å². The lowest BCUT2D eigenvalue weighted by Gasteiger charge is -2.18. The zero-order valence-electron chi connectivity index (χ0n) is 14.9. The van der Waals surface area contributed by atoms with Crippen LogP contribution >= 0.6 is 0 Å². The maximum Gasteiger partial charge on any atom is 0.416 e. The Morgan fingerprint density at radius 3 is 2.46 bits per heavy atom.